The summed E-state index contributed by atoms with van der Waals surface area (Å²) in [7, 11) is 0. The van der Waals surface area contributed by atoms with Gasteiger partial charge in [0.1, 0.15) is 57.9 Å². The molecular weight excluding hydrogens is 911 g/mol. The van der Waals surface area contributed by atoms with E-state index in [2.05, 4.69) is 22.0 Å². The average molecular weight is 946 g/mol. The predicted octanol–water partition coefficient (Wildman–Crippen LogP) is 11.4. The van der Waals surface area contributed by atoms with Crippen molar-refractivity contribution in [2.75, 3.05) is 20.1 Å². The molecule has 0 aliphatic carbocycles. The van der Waals surface area contributed by atoms with Gasteiger partial charge in [-0.05, 0) is 93.5 Å². The minimum atomic E-state index is -3.72. The number of nitrogens with two attached hydrogens (primary N) is 1. The van der Waals surface area contributed by atoms with E-state index >= 15 is 0 Å². The number of halogens is 11. The second-order valence-electron chi connectivity index (χ2n) is 12.6. The fourth-order valence-electron chi connectivity index (χ4n) is 5.46. The van der Waals surface area contributed by atoms with Crippen LogP contribution in [0.3, 0.4) is 0 Å². The van der Waals surface area contributed by atoms with E-state index in [9.17, 15) is 45.4 Å². The molecule has 0 spiro atoms. The molecule has 63 heavy (non-hydrogen) atoms. The highest BCUT2D eigenvalue weighted by atomic mass is 35.5. The number of aliphatic hydroxyl groups is 2. The van der Waals surface area contributed by atoms with Crippen LogP contribution >= 0.6 is 35.2 Å². The molecule has 5 N–H and O–H groups in total. The van der Waals surface area contributed by atoms with Gasteiger partial charge >= 0.3 is 5.57 Å². The fourth-order valence-corrected chi connectivity index (χ4v) is 5.73. The van der Waals surface area contributed by atoms with E-state index < -0.39 is 76.7 Å². The number of aliphatic hydroxyl groups excluding tert-OH is 2. The van der Waals surface area contributed by atoms with Crippen LogP contribution < -0.4 is 20.5 Å². The van der Waals surface area contributed by atoms with E-state index in [1.54, 1.807) is 60.7 Å². The third-order valence-corrected chi connectivity index (χ3v) is 8.78. The van der Waals surface area contributed by atoms with Crippen molar-refractivity contribution in [1.29, 1.82) is 0 Å². The van der Waals surface area contributed by atoms with Gasteiger partial charge in [-0.1, -0.05) is 84.9 Å². The first-order chi connectivity index (χ1) is 30.0. The molecule has 0 saturated heterocycles. The van der Waals surface area contributed by atoms with Gasteiger partial charge in [0.05, 0.1) is 25.3 Å². The zero-order valence-corrected chi connectivity index (χ0v) is 34.5. The molecule has 19 heteroatoms. The number of hydrogen-bond acceptors (Lipinski definition) is 7. The molecule has 6 aromatic rings. The van der Waals surface area contributed by atoms with Gasteiger partial charge in [-0.25, -0.2) is 22.0 Å². The Bertz CT molecular complexity index is 2320. The summed E-state index contributed by atoms with van der Waals surface area (Å²) in [6, 6.07) is 32.2. The van der Waals surface area contributed by atoms with Gasteiger partial charge < -0.3 is 30.7 Å². The van der Waals surface area contributed by atoms with Gasteiger partial charge in [-0.15, -0.1) is 12.8 Å². The largest absolute Gasteiger partial charge is 0.487 e. The zero-order valence-electron chi connectivity index (χ0n) is 32.2. The van der Waals surface area contributed by atoms with E-state index in [0.717, 1.165) is 58.1 Å². The van der Waals surface area contributed by atoms with Gasteiger partial charge in [0, 0.05) is 11.6 Å². The number of benzene rings is 6. The normalized spacial score (nSPS) is 11.5. The van der Waals surface area contributed by atoms with Gasteiger partial charge in [-0.3, -0.25) is 9.59 Å². The summed E-state index contributed by atoms with van der Waals surface area (Å²) >= 11 is 12.7. The van der Waals surface area contributed by atoms with Crippen molar-refractivity contribution in [2.45, 2.75) is 17.7 Å². The van der Waals surface area contributed by atoms with Crippen LogP contribution in [-0.4, -0.2) is 47.0 Å². The molecule has 0 saturated carbocycles. The van der Waals surface area contributed by atoms with Crippen LogP contribution in [0.2, 0.25) is 0 Å². The highest BCUT2D eigenvalue weighted by molar-refractivity contribution is 6.67. The molecule has 2 atom stereocenters. The van der Waals surface area contributed by atoms with Crippen LogP contribution in [-0.2, 0) is 0 Å². The minimum Gasteiger partial charge on any atom is -0.463 e. The summed E-state index contributed by atoms with van der Waals surface area (Å²) in [5.41, 5.74) is 5.43. The van der Waals surface area contributed by atoms with Crippen LogP contribution in [0, 0.1) is 23.3 Å². The fraction of sp³-hybridized carbons (Fsp3) is 0.136. The number of alkyl halides is 4. The number of carbonyl (C=O) groups excluding carboxylic acids is 2. The number of ether oxygens (including phenoxy) is 2. The molecule has 0 heterocycles. The van der Waals surface area contributed by atoms with E-state index in [0.29, 0.717) is 11.3 Å². The third-order valence-electron chi connectivity index (χ3n) is 8.52. The van der Waals surface area contributed by atoms with Crippen molar-refractivity contribution in [2.24, 2.45) is 5.73 Å². The summed E-state index contributed by atoms with van der Waals surface area (Å²) in [5, 5.41) is 19.9. The summed E-state index contributed by atoms with van der Waals surface area (Å²) in [6.45, 7) is -1.48. The SMILES string of the molecule is FCl.NC(CO)c1ccc(-c2ccc(OC(F)(F)Cl)cc2)cc1.O=C(Cl)c1c(F)cccc1F.O=C(NC(CO)c1ccc(-c2ccc(OCF)cc2)cc1)c1c(F)cccc1F. The highest BCUT2D eigenvalue weighted by Crippen LogP contribution is 2.29. The molecule has 2 unspecified atom stereocenters. The maximum atomic E-state index is 13.8. The number of amides is 1. The highest BCUT2D eigenvalue weighted by Gasteiger charge is 2.27. The molecule has 0 bridgehead atoms. The van der Waals surface area contributed by atoms with Crippen molar-refractivity contribution in [3.05, 3.63) is 179 Å². The second kappa shape index (κ2) is 25.4. The van der Waals surface area contributed by atoms with Crippen molar-refractivity contribution >= 4 is 46.3 Å². The molecule has 0 radical (unpaired) electrons. The number of hydrogen-bond donors (Lipinski definition) is 4. The third kappa shape index (κ3) is 15.8. The van der Waals surface area contributed by atoms with Crippen molar-refractivity contribution < 1.29 is 64.0 Å². The quantitative estimate of drug-likeness (QED) is 0.0515. The molecule has 6 aromatic carbocycles. The lowest BCUT2D eigenvalue weighted by molar-refractivity contribution is -0.0964. The summed E-state index contributed by atoms with van der Waals surface area (Å²) in [5.74, 6) is -4.39. The van der Waals surface area contributed by atoms with Crippen LogP contribution in [0.1, 0.15) is 43.9 Å². The average Bonchev–Trinajstić information content (AvgIpc) is 3.26. The van der Waals surface area contributed by atoms with E-state index in [-0.39, 0.29) is 12.4 Å². The van der Waals surface area contributed by atoms with E-state index in [1.165, 1.54) is 18.2 Å². The summed E-state index contributed by atoms with van der Waals surface area (Å²) in [4.78, 5) is 22.6. The van der Waals surface area contributed by atoms with Crippen LogP contribution in [0.15, 0.2) is 133 Å². The van der Waals surface area contributed by atoms with Crippen molar-refractivity contribution in [3.63, 3.8) is 0 Å². The van der Waals surface area contributed by atoms with Crippen LogP contribution in [0.4, 0.5) is 34.7 Å². The lowest BCUT2D eigenvalue weighted by atomic mass is 10.0. The van der Waals surface area contributed by atoms with Gasteiger partial charge in [0.15, 0.2) is 0 Å². The van der Waals surface area contributed by atoms with Gasteiger partial charge in [-0.2, -0.15) is 0 Å². The standard InChI is InChI=1S/C22H18F3NO3.C15H14ClF2NO2.C7H3ClF2O.ClF/c23-13-29-17-10-8-15(9-11-17)14-4-6-16(7-5-14)20(12-27)26-22(28)21-18(24)2-1-3-19(21)25;16-15(17,18)21-13-7-5-11(6-8-13)10-1-3-12(4-2-10)14(19)9-20;8-7(11)6-4(9)2-1-3-5(6)10;1-2/h1-11,20,27H,12-13H2,(H,26,28);1-8,14,20H,9,19H2;1-3H;. The Morgan fingerprint density at radius 3 is 1.35 bits per heavy atom. The first-order valence-electron chi connectivity index (χ1n) is 17.9. The summed E-state index contributed by atoms with van der Waals surface area (Å²) in [6.07, 6.45) is 0. The molecule has 0 aromatic heterocycles. The minimum absolute atomic E-state index is 0.0160. The molecule has 0 aliphatic heterocycles. The Labute approximate surface area is 370 Å². The number of nitrogens with one attached hydrogen (secondary N) is 1. The Hall–Kier alpha value is -5.75. The lowest BCUT2D eigenvalue weighted by Crippen LogP contribution is -2.32. The Morgan fingerprint density at radius 2 is 1.00 bits per heavy atom. The van der Waals surface area contributed by atoms with Crippen molar-refractivity contribution in [3.8, 4) is 33.8 Å². The summed E-state index contributed by atoms with van der Waals surface area (Å²) < 4.78 is 108. The van der Waals surface area contributed by atoms with Crippen molar-refractivity contribution in [1.82, 2.24) is 5.32 Å². The zero-order chi connectivity index (χ0) is 46.7. The van der Waals surface area contributed by atoms with E-state index in [4.69, 9.17) is 42.8 Å². The Morgan fingerprint density at radius 1 is 0.619 bits per heavy atom. The first kappa shape index (κ1) is 51.6. The first-order valence-corrected chi connectivity index (χ1v) is 18.9. The number of carbonyl (C=O) groups is 2. The molecule has 6 rings (SSSR count). The molecule has 0 fully saturated rings. The Balaban J connectivity index is 0.000000270. The molecule has 334 valence electrons. The molecule has 8 nitrogen and oxygen atoms in total. The molecular formula is C44H35Cl3F8N2O6. The lowest BCUT2D eigenvalue weighted by Gasteiger charge is -2.18. The number of rotatable bonds is 13. The van der Waals surface area contributed by atoms with E-state index in [1.807, 2.05) is 24.3 Å². The predicted molar refractivity (Wildman–Crippen MR) is 223 cm³/mol. The van der Waals surface area contributed by atoms with Gasteiger partial charge in [0.2, 0.25) is 6.86 Å². The van der Waals surface area contributed by atoms with Crippen LogP contribution in [0.25, 0.3) is 22.3 Å². The van der Waals surface area contributed by atoms with Gasteiger partial charge in [0.25, 0.3) is 11.1 Å². The monoisotopic (exact) mass is 944 g/mol. The maximum Gasteiger partial charge on any atom is 0.487 e. The topological polar surface area (TPSA) is 131 Å². The Kier molecular flexibility index (Phi) is 20.8. The molecule has 1 amide bonds. The maximum absolute atomic E-state index is 13.8. The second-order valence-corrected chi connectivity index (χ2v) is 13.3. The molecule has 0 aliphatic rings. The smallest absolute Gasteiger partial charge is 0.463 e. The van der Waals surface area contributed by atoms with Crippen LogP contribution in [0.5, 0.6) is 11.5 Å².